The van der Waals surface area contributed by atoms with Gasteiger partial charge >= 0.3 is 5.97 Å². The van der Waals surface area contributed by atoms with Gasteiger partial charge in [-0.3, -0.25) is 9.59 Å². The SMILES string of the molecule is N/C(=C/C(=O)c1ccc(F)cc1F)Nc1ccc(C(Cc2ccccc2)C(=O)O)cc1. The zero-order chi connectivity index (χ0) is 22.4. The highest BCUT2D eigenvalue weighted by atomic mass is 19.1. The van der Waals surface area contributed by atoms with Crippen molar-refractivity contribution in [2.45, 2.75) is 12.3 Å². The molecule has 0 spiro atoms. The van der Waals surface area contributed by atoms with Crippen LogP contribution in [0.3, 0.4) is 0 Å². The van der Waals surface area contributed by atoms with E-state index in [0.29, 0.717) is 23.7 Å². The number of aliphatic carboxylic acids is 1. The first-order chi connectivity index (χ1) is 14.8. The number of carboxylic acids is 1. The summed E-state index contributed by atoms with van der Waals surface area (Å²) in [5.41, 5.74) is 7.57. The van der Waals surface area contributed by atoms with Crippen LogP contribution in [0.5, 0.6) is 0 Å². The van der Waals surface area contributed by atoms with E-state index in [-0.39, 0.29) is 11.4 Å². The lowest BCUT2D eigenvalue weighted by molar-refractivity contribution is -0.138. The molecule has 31 heavy (non-hydrogen) atoms. The van der Waals surface area contributed by atoms with Crippen LogP contribution in [0.1, 0.15) is 27.4 Å². The molecular formula is C24H20F2N2O3. The quantitative estimate of drug-likeness (QED) is 0.368. The number of anilines is 1. The van der Waals surface area contributed by atoms with E-state index in [1.165, 1.54) is 0 Å². The first kappa shape index (κ1) is 21.7. The number of benzene rings is 3. The first-order valence-electron chi connectivity index (χ1n) is 9.44. The van der Waals surface area contributed by atoms with Crippen LogP contribution in [0.15, 0.2) is 84.7 Å². The van der Waals surface area contributed by atoms with Gasteiger partial charge in [0, 0.05) is 17.8 Å². The van der Waals surface area contributed by atoms with Crippen LogP contribution in [-0.4, -0.2) is 16.9 Å². The fourth-order valence-electron chi connectivity index (χ4n) is 3.11. The van der Waals surface area contributed by atoms with Crippen molar-refractivity contribution >= 4 is 17.4 Å². The van der Waals surface area contributed by atoms with Crippen LogP contribution in [-0.2, 0) is 11.2 Å². The van der Waals surface area contributed by atoms with Gasteiger partial charge in [0.2, 0.25) is 0 Å². The smallest absolute Gasteiger partial charge is 0.311 e. The fraction of sp³-hybridized carbons (Fsp3) is 0.0833. The highest BCUT2D eigenvalue weighted by Gasteiger charge is 2.20. The number of carbonyl (C=O) groups excluding carboxylic acids is 1. The number of hydrogen-bond donors (Lipinski definition) is 3. The van der Waals surface area contributed by atoms with Crippen LogP contribution in [0.2, 0.25) is 0 Å². The van der Waals surface area contributed by atoms with Crippen molar-refractivity contribution in [3.05, 3.63) is 113 Å². The molecule has 0 radical (unpaired) electrons. The molecule has 0 aliphatic carbocycles. The van der Waals surface area contributed by atoms with E-state index in [9.17, 15) is 23.5 Å². The van der Waals surface area contributed by atoms with Gasteiger partial charge in [-0.25, -0.2) is 8.78 Å². The first-order valence-corrected chi connectivity index (χ1v) is 9.44. The van der Waals surface area contributed by atoms with Crippen molar-refractivity contribution in [1.29, 1.82) is 0 Å². The molecule has 0 aromatic heterocycles. The fourth-order valence-corrected chi connectivity index (χ4v) is 3.11. The minimum atomic E-state index is -0.975. The highest BCUT2D eigenvalue weighted by Crippen LogP contribution is 2.23. The molecule has 3 rings (SSSR count). The molecule has 0 saturated carbocycles. The van der Waals surface area contributed by atoms with E-state index in [4.69, 9.17) is 5.73 Å². The summed E-state index contributed by atoms with van der Waals surface area (Å²) < 4.78 is 26.7. The molecule has 0 saturated heterocycles. The number of carbonyl (C=O) groups is 2. The Morgan fingerprint density at radius 3 is 2.29 bits per heavy atom. The Kier molecular flexibility index (Phi) is 6.77. The maximum Gasteiger partial charge on any atom is 0.311 e. The highest BCUT2D eigenvalue weighted by molar-refractivity contribution is 6.05. The van der Waals surface area contributed by atoms with Crippen LogP contribution in [0, 0.1) is 11.6 Å². The average Bonchev–Trinajstić information content (AvgIpc) is 2.73. The van der Waals surface area contributed by atoms with E-state index in [2.05, 4.69) is 5.32 Å². The van der Waals surface area contributed by atoms with Gasteiger partial charge in [-0.1, -0.05) is 42.5 Å². The Morgan fingerprint density at radius 2 is 1.68 bits per heavy atom. The molecule has 1 atom stereocenters. The van der Waals surface area contributed by atoms with E-state index in [0.717, 1.165) is 23.8 Å². The topological polar surface area (TPSA) is 92.4 Å². The number of ketones is 1. The monoisotopic (exact) mass is 422 g/mol. The predicted molar refractivity (Wildman–Crippen MR) is 114 cm³/mol. The van der Waals surface area contributed by atoms with Gasteiger partial charge in [0.05, 0.1) is 11.5 Å². The molecule has 0 heterocycles. The summed E-state index contributed by atoms with van der Waals surface area (Å²) in [6, 6.07) is 18.6. The van der Waals surface area contributed by atoms with Gasteiger partial charge in [0.25, 0.3) is 0 Å². The maximum absolute atomic E-state index is 13.7. The predicted octanol–water partition coefficient (Wildman–Crippen LogP) is 4.47. The summed E-state index contributed by atoms with van der Waals surface area (Å²) >= 11 is 0. The molecule has 3 aromatic rings. The number of halogens is 2. The molecule has 1 unspecified atom stereocenters. The average molecular weight is 422 g/mol. The molecular weight excluding hydrogens is 402 g/mol. The third-order valence-corrected chi connectivity index (χ3v) is 4.67. The number of nitrogens with two attached hydrogens (primary N) is 1. The lowest BCUT2D eigenvalue weighted by Crippen LogP contribution is -2.15. The second-order valence-electron chi connectivity index (χ2n) is 6.92. The Bertz CT molecular complexity index is 1110. The summed E-state index contributed by atoms with van der Waals surface area (Å²) in [5, 5.41) is 12.4. The van der Waals surface area contributed by atoms with E-state index in [1.54, 1.807) is 24.3 Å². The molecule has 158 valence electrons. The van der Waals surface area contributed by atoms with Gasteiger partial charge in [0.1, 0.15) is 17.5 Å². The van der Waals surface area contributed by atoms with Crippen LogP contribution < -0.4 is 11.1 Å². The second-order valence-corrected chi connectivity index (χ2v) is 6.92. The normalized spacial score (nSPS) is 12.3. The number of rotatable bonds is 8. The van der Waals surface area contributed by atoms with E-state index >= 15 is 0 Å². The summed E-state index contributed by atoms with van der Waals surface area (Å²) in [7, 11) is 0. The maximum atomic E-state index is 13.7. The van der Waals surface area contributed by atoms with Crippen LogP contribution in [0.25, 0.3) is 0 Å². The lowest BCUT2D eigenvalue weighted by Gasteiger charge is -2.14. The van der Waals surface area contributed by atoms with Gasteiger partial charge in [0.15, 0.2) is 5.78 Å². The molecule has 3 aromatic carbocycles. The second kappa shape index (κ2) is 9.67. The van der Waals surface area contributed by atoms with E-state index < -0.39 is 29.3 Å². The van der Waals surface area contributed by atoms with Crippen molar-refractivity contribution in [1.82, 2.24) is 0 Å². The van der Waals surface area contributed by atoms with Crippen molar-refractivity contribution < 1.29 is 23.5 Å². The molecule has 0 amide bonds. The van der Waals surface area contributed by atoms with Crippen LogP contribution in [0.4, 0.5) is 14.5 Å². The van der Waals surface area contributed by atoms with Crippen LogP contribution >= 0.6 is 0 Å². The molecule has 5 nitrogen and oxygen atoms in total. The molecule has 4 N–H and O–H groups in total. The minimum Gasteiger partial charge on any atom is -0.481 e. The standard InChI is InChI=1S/C24H20F2N2O3/c25-17-8-11-19(21(26)13-17)22(29)14-23(27)28-18-9-6-16(7-10-18)20(24(30)31)12-15-4-2-1-3-5-15/h1-11,13-14,20,28H,12,27H2,(H,30,31)/b23-14-. The number of allylic oxidation sites excluding steroid dienone is 1. The van der Waals surface area contributed by atoms with Crippen molar-refractivity contribution in [3.8, 4) is 0 Å². The summed E-state index contributed by atoms with van der Waals surface area (Å²) in [5.74, 6) is -4.16. The molecule has 0 bridgehead atoms. The molecule has 0 aliphatic rings. The number of carboxylic acid groups (broad SMARTS) is 1. The third kappa shape index (κ3) is 5.76. The zero-order valence-corrected chi connectivity index (χ0v) is 16.4. The summed E-state index contributed by atoms with van der Waals surface area (Å²) in [6.45, 7) is 0. The Balaban J connectivity index is 1.70. The van der Waals surface area contributed by atoms with Crippen molar-refractivity contribution in [2.24, 2.45) is 5.73 Å². The third-order valence-electron chi connectivity index (χ3n) is 4.67. The minimum absolute atomic E-state index is 0.0412. The molecule has 0 fully saturated rings. The van der Waals surface area contributed by atoms with Gasteiger partial charge in [-0.2, -0.15) is 0 Å². The van der Waals surface area contributed by atoms with Gasteiger partial charge in [-0.15, -0.1) is 0 Å². The Labute approximate surface area is 177 Å². The largest absolute Gasteiger partial charge is 0.481 e. The van der Waals surface area contributed by atoms with Crippen molar-refractivity contribution in [2.75, 3.05) is 5.32 Å². The lowest BCUT2D eigenvalue weighted by atomic mass is 9.92. The van der Waals surface area contributed by atoms with Gasteiger partial charge in [-0.05, 0) is 41.8 Å². The van der Waals surface area contributed by atoms with Crippen molar-refractivity contribution in [3.63, 3.8) is 0 Å². The Hall–Kier alpha value is -4.00. The molecule has 0 aliphatic heterocycles. The van der Waals surface area contributed by atoms with Gasteiger partial charge < -0.3 is 16.2 Å². The molecule has 7 heteroatoms. The van der Waals surface area contributed by atoms with E-state index in [1.807, 2.05) is 30.3 Å². The summed E-state index contributed by atoms with van der Waals surface area (Å²) in [6.07, 6.45) is 1.35. The summed E-state index contributed by atoms with van der Waals surface area (Å²) in [4.78, 5) is 23.9. The Morgan fingerprint density at radius 1 is 1.00 bits per heavy atom. The number of nitrogens with one attached hydrogen (secondary N) is 1. The zero-order valence-electron chi connectivity index (χ0n) is 16.4. The number of hydrogen-bond acceptors (Lipinski definition) is 4.